The Labute approximate surface area is 156 Å². The van der Waals surface area contributed by atoms with Crippen LogP contribution < -0.4 is 9.62 Å². The molecule has 1 aliphatic rings. The molecule has 2 aromatic rings. The van der Waals surface area contributed by atoms with Crippen molar-refractivity contribution < 1.29 is 18.0 Å². The number of rotatable bonds is 4. The molecule has 0 atom stereocenters. The summed E-state index contributed by atoms with van der Waals surface area (Å²) in [5, 5.41) is 2.89. The zero-order valence-electron chi connectivity index (χ0n) is 14.0. The van der Waals surface area contributed by atoms with Crippen LogP contribution in [0.2, 0.25) is 5.02 Å². The average molecular weight is 393 g/mol. The molecule has 0 aliphatic carbocycles. The van der Waals surface area contributed by atoms with Crippen molar-refractivity contribution in [3.8, 4) is 0 Å². The molecule has 1 heterocycles. The molecule has 136 valence electrons. The van der Waals surface area contributed by atoms with Crippen molar-refractivity contribution >= 4 is 44.8 Å². The first-order chi connectivity index (χ1) is 12.3. The predicted molar refractivity (Wildman–Crippen MR) is 101 cm³/mol. The molecule has 2 aromatic carbocycles. The van der Waals surface area contributed by atoms with Gasteiger partial charge < -0.3 is 5.32 Å². The quantitative estimate of drug-likeness (QED) is 0.865. The van der Waals surface area contributed by atoms with Gasteiger partial charge in [-0.1, -0.05) is 30.7 Å². The van der Waals surface area contributed by atoms with Crippen molar-refractivity contribution in [3.63, 3.8) is 0 Å². The van der Waals surface area contributed by atoms with Gasteiger partial charge in [0.2, 0.25) is 15.9 Å². The highest BCUT2D eigenvalue weighted by Crippen LogP contribution is 2.29. The Morgan fingerprint density at radius 2 is 1.88 bits per heavy atom. The highest BCUT2D eigenvalue weighted by Gasteiger charge is 2.36. The van der Waals surface area contributed by atoms with E-state index in [-0.39, 0.29) is 28.4 Å². The van der Waals surface area contributed by atoms with Gasteiger partial charge in [-0.25, -0.2) is 12.7 Å². The molecule has 3 rings (SSSR count). The summed E-state index contributed by atoms with van der Waals surface area (Å²) < 4.78 is 24.9. The molecule has 6 nitrogen and oxygen atoms in total. The number of hydrogen-bond donors (Lipinski definition) is 1. The smallest absolute Gasteiger partial charge is 0.257 e. The van der Waals surface area contributed by atoms with Gasteiger partial charge in [-0.05, 0) is 42.3 Å². The maximum Gasteiger partial charge on any atom is 0.257 e. The number of carbonyl (C=O) groups is 2. The fourth-order valence-electron chi connectivity index (χ4n) is 2.70. The third-order valence-corrected chi connectivity index (χ3v) is 6.15. The highest BCUT2D eigenvalue weighted by molar-refractivity contribution is 7.94. The van der Waals surface area contributed by atoms with E-state index in [4.69, 9.17) is 11.6 Å². The van der Waals surface area contributed by atoms with Gasteiger partial charge >= 0.3 is 0 Å². The van der Waals surface area contributed by atoms with Gasteiger partial charge in [0, 0.05) is 12.1 Å². The van der Waals surface area contributed by atoms with E-state index in [0.29, 0.717) is 5.69 Å². The predicted octanol–water partition coefficient (Wildman–Crippen LogP) is 3.22. The van der Waals surface area contributed by atoms with Crippen molar-refractivity contribution in [2.75, 3.05) is 15.4 Å². The van der Waals surface area contributed by atoms with Crippen LogP contribution in [0, 0.1) is 0 Å². The van der Waals surface area contributed by atoms with Crippen LogP contribution in [-0.4, -0.2) is 26.0 Å². The Bertz CT molecular complexity index is 971. The van der Waals surface area contributed by atoms with Crippen molar-refractivity contribution in [3.05, 3.63) is 58.6 Å². The average Bonchev–Trinajstić information content (AvgIpc) is 2.89. The maximum absolute atomic E-state index is 12.6. The van der Waals surface area contributed by atoms with E-state index in [1.807, 2.05) is 19.1 Å². The van der Waals surface area contributed by atoms with E-state index >= 15 is 0 Å². The molecule has 2 amide bonds. The zero-order valence-corrected chi connectivity index (χ0v) is 15.6. The number of halogens is 1. The topological polar surface area (TPSA) is 83.6 Å². The lowest BCUT2D eigenvalue weighted by atomic mass is 10.1. The number of anilines is 2. The monoisotopic (exact) mass is 392 g/mol. The Morgan fingerprint density at radius 1 is 1.19 bits per heavy atom. The lowest BCUT2D eigenvalue weighted by molar-refractivity contribution is -0.116. The van der Waals surface area contributed by atoms with Gasteiger partial charge in [0.1, 0.15) is 0 Å². The molecule has 1 saturated heterocycles. The van der Waals surface area contributed by atoms with Gasteiger partial charge in [0.15, 0.2) is 0 Å². The minimum atomic E-state index is -3.70. The fraction of sp³-hybridized carbons (Fsp3) is 0.222. The third kappa shape index (κ3) is 3.59. The number of benzene rings is 2. The second-order valence-corrected chi connectivity index (χ2v) is 8.24. The molecule has 0 spiro atoms. The first-order valence-electron chi connectivity index (χ1n) is 8.07. The van der Waals surface area contributed by atoms with E-state index < -0.39 is 21.8 Å². The van der Waals surface area contributed by atoms with Crippen molar-refractivity contribution in [1.29, 1.82) is 0 Å². The number of carbonyl (C=O) groups excluding carboxylic acids is 2. The normalized spacial score (nSPS) is 15.9. The second-order valence-electron chi connectivity index (χ2n) is 5.89. The molecule has 1 N–H and O–H groups in total. The van der Waals surface area contributed by atoms with Gasteiger partial charge in [0.25, 0.3) is 5.91 Å². The highest BCUT2D eigenvalue weighted by atomic mass is 35.5. The molecule has 8 heteroatoms. The molecule has 1 aliphatic heterocycles. The largest absolute Gasteiger partial charge is 0.322 e. The summed E-state index contributed by atoms with van der Waals surface area (Å²) in [5.74, 6) is -1.24. The molecule has 0 bridgehead atoms. The molecule has 0 unspecified atom stereocenters. The van der Waals surface area contributed by atoms with Crippen molar-refractivity contribution in [2.24, 2.45) is 0 Å². The Kier molecular flexibility index (Phi) is 5.02. The SMILES string of the molecule is CCc1ccc(NC(=O)c2cc(N3C(=O)CCS3(=O)=O)ccc2Cl)cc1. The lowest BCUT2D eigenvalue weighted by Gasteiger charge is -2.16. The minimum absolute atomic E-state index is 0.0731. The second kappa shape index (κ2) is 7.09. The Hall–Kier alpha value is -2.38. The van der Waals surface area contributed by atoms with Crippen LogP contribution in [-0.2, 0) is 21.2 Å². The van der Waals surface area contributed by atoms with Crippen LogP contribution in [0.3, 0.4) is 0 Å². The van der Waals surface area contributed by atoms with E-state index in [1.165, 1.54) is 18.2 Å². The van der Waals surface area contributed by atoms with E-state index in [0.717, 1.165) is 16.3 Å². The molecule has 26 heavy (non-hydrogen) atoms. The zero-order chi connectivity index (χ0) is 18.9. The van der Waals surface area contributed by atoms with Gasteiger partial charge in [-0.2, -0.15) is 0 Å². The van der Waals surface area contributed by atoms with Crippen molar-refractivity contribution in [1.82, 2.24) is 0 Å². The van der Waals surface area contributed by atoms with Crippen LogP contribution in [0.5, 0.6) is 0 Å². The van der Waals surface area contributed by atoms with Crippen LogP contribution in [0.25, 0.3) is 0 Å². The van der Waals surface area contributed by atoms with Crippen LogP contribution >= 0.6 is 11.6 Å². The first-order valence-corrected chi connectivity index (χ1v) is 10.1. The summed E-state index contributed by atoms with van der Waals surface area (Å²) in [6.45, 7) is 2.03. The van der Waals surface area contributed by atoms with Crippen LogP contribution in [0.1, 0.15) is 29.3 Å². The summed E-state index contributed by atoms with van der Waals surface area (Å²) in [4.78, 5) is 24.5. The lowest BCUT2D eigenvalue weighted by Crippen LogP contribution is -2.29. The summed E-state index contributed by atoms with van der Waals surface area (Å²) >= 11 is 6.11. The minimum Gasteiger partial charge on any atom is -0.322 e. The molecule has 0 radical (unpaired) electrons. The Morgan fingerprint density at radius 3 is 2.46 bits per heavy atom. The van der Waals surface area contributed by atoms with Crippen LogP contribution in [0.15, 0.2) is 42.5 Å². The number of sulfonamides is 1. The molecule has 1 fully saturated rings. The number of nitrogens with zero attached hydrogens (tertiary/aromatic N) is 1. The van der Waals surface area contributed by atoms with E-state index in [2.05, 4.69) is 5.32 Å². The number of aryl methyl sites for hydroxylation is 1. The van der Waals surface area contributed by atoms with Gasteiger partial charge in [0.05, 0.1) is 22.0 Å². The third-order valence-electron chi connectivity index (χ3n) is 4.13. The Balaban J connectivity index is 1.89. The van der Waals surface area contributed by atoms with Crippen LogP contribution in [0.4, 0.5) is 11.4 Å². The molecular weight excluding hydrogens is 376 g/mol. The number of nitrogens with one attached hydrogen (secondary N) is 1. The summed E-state index contributed by atoms with van der Waals surface area (Å²) in [7, 11) is -3.70. The summed E-state index contributed by atoms with van der Waals surface area (Å²) in [6.07, 6.45) is 0.816. The first kappa shape index (κ1) is 18.4. The molecular formula is C18H17ClN2O4S. The maximum atomic E-state index is 12.6. The van der Waals surface area contributed by atoms with E-state index in [1.54, 1.807) is 12.1 Å². The van der Waals surface area contributed by atoms with Gasteiger partial charge in [-0.15, -0.1) is 0 Å². The number of amides is 2. The molecule has 0 saturated carbocycles. The standard InChI is InChI=1S/C18H17ClN2O4S/c1-2-12-3-5-13(6-4-12)20-18(23)15-11-14(7-8-16(15)19)21-17(22)9-10-26(21,24)25/h3-8,11H,2,9-10H2,1H3,(H,20,23). The number of hydrogen-bond acceptors (Lipinski definition) is 4. The molecule has 0 aromatic heterocycles. The van der Waals surface area contributed by atoms with Gasteiger partial charge in [-0.3, -0.25) is 9.59 Å². The summed E-state index contributed by atoms with van der Waals surface area (Å²) in [5.41, 5.74) is 1.95. The fourth-order valence-corrected chi connectivity index (χ4v) is 4.36. The van der Waals surface area contributed by atoms with E-state index in [9.17, 15) is 18.0 Å². The van der Waals surface area contributed by atoms with Crippen molar-refractivity contribution in [2.45, 2.75) is 19.8 Å². The summed E-state index contributed by atoms with van der Waals surface area (Å²) in [6, 6.07) is 11.5.